The average molecular weight is 385 g/mol. The number of thioether (sulfide) groups is 1. The third kappa shape index (κ3) is 4.61. The molecule has 1 aliphatic rings. The van der Waals surface area contributed by atoms with E-state index in [1.54, 1.807) is 0 Å². The molecule has 1 N–H and O–H groups in total. The monoisotopic (exact) mass is 384 g/mol. The Morgan fingerprint density at radius 2 is 2.11 bits per heavy atom. The van der Waals surface area contributed by atoms with Crippen molar-refractivity contribution in [1.29, 1.82) is 0 Å². The van der Waals surface area contributed by atoms with Crippen molar-refractivity contribution >= 4 is 23.4 Å². The second-order valence-corrected chi connectivity index (χ2v) is 8.47. The van der Waals surface area contributed by atoms with Crippen LogP contribution in [-0.4, -0.2) is 25.9 Å². The molecule has 2 unspecified atom stereocenters. The molecule has 1 aliphatic carbocycles. The van der Waals surface area contributed by atoms with Crippen molar-refractivity contribution in [2.75, 3.05) is 5.32 Å². The molecule has 1 saturated carbocycles. The molecule has 0 spiro atoms. The third-order valence-corrected chi connectivity index (χ3v) is 6.09. The van der Waals surface area contributed by atoms with Crippen LogP contribution in [0.5, 0.6) is 0 Å². The van der Waals surface area contributed by atoms with E-state index in [-0.39, 0.29) is 11.2 Å². The van der Waals surface area contributed by atoms with Crippen molar-refractivity contribution in [3.63, 3.8) is 0 Å². The Bertz CT molecular complexity index is 812. The fourth-order valence-corrected chi connectivity index (χ4v) is 3.90. The van der Waals surface area contributed by atoms with E-state index in [9.17, 15) is 4.79 Å². The van der Waals surface area contributed by atoms with Crippen molar-refractivity contribution in [3.8, 4) is 0 Å². The van der Waals surface area contributed by atoms with E-state index in [0.29, 0.717) is 18.4 Å². The van der Waals surface area contributed by atoms with E-state index < -0.39 is 0 Å². The predicted octanol–water partition coefficient (Wildman–Crippen LogP) is 4.97. The second kappa shape index (κ2) is 8.74. The molecule has 1 aromatic carbocycles. The van der Waals surface area contributed by atoms with Crippen LogP contribution in [0.25, 0.3) is 0 Å². The number of benzene rings is 1. The molecule has 1 aromatic heterocycles. The van der Waals surface area contributed by atoms with Crippen LogP contribution in [-0.2, 0) is 11.3 Å². The van der Waals surface area contributed by atoms with Crippen molar-refractivity contribution in [3.05, 3.63) is 48.3 Å². The minimum Gasteiger partial charge on any atom is -0.325 e. The van der Waals surface area contributed by atoms with E-state index >= 15 is 0 Å². The van der Waals surface area contributed by atoms with Gasteiger partial charge >= 0.3 is 0 Å². The molecule has 0 saturated heterocycles. The topological polar surface area (TPSA) is 59.8 Å². The number of hydrogen-bond donors (Lipinski definition) is 1. The highest BCUT2D eigenvalue weighted by atomic mass is 32.2. The van der Waals surface area contributed by atoms with Crippen LogP contribution >= 0.6 is 11.8 Å². The van der Waals surface area contributed by atoms with Gasteiger partial charge in [0.25, 0.3) is 0 Å². The van der Waals surface area contributed by atoms with Gasteiger partial charge in [-0.15, -0.1) is 16.8 Å². The lowest BCUT2D eigenvalue weighted by Crippen LogP contribution is -2.24. The van der Waals surface area contributed by atoms with Crippen LogP contribution in [0.3, 0.4) is 0 Å². The van der Waals surface area contributed by atoms with E-state index in [1.807, 2.05) is 31.2 Å². The number of carbonyl (C=O) groups excluding carboxylic acids is 1. The van der Waals surface area contributed by atoms with Crippen molar-refractivity contribution < 1.29 is 4.79 Å². The number of para-hydroxylation sites is 1. The Kier molecular flexibility index (Phi) is 6.37. The molecule has 0 aliphatic heterocycles. The van der Waals surface area contributed by atoms with Gasteiger partial charge in [0, 0.05) is 18.2 Å². The lowest BCUT2D eigenvalue weighted by molar-refractivity contribution is -0.115. The number of amides is 1. The molecule has 1 heterocycles. The summed E-state index contributed by atoms with van der Waals surface area (Å²) in [5.74, 6) is 1.92. The Morgan fingerprint density at radius 1 is 1.37 bits per heavy atom. The number of hydrogen-bond acceptors (Lipinski definition) is 4. The number of nitrogens with zero attached hydrogens (tertiary/aromatic N) is 3. The van der Waals surface area contributed by atoms with Crippen LogP contribution in [0.15, 0.2) is 42.1 Å². The lowest BCUT2D eigenvalue weighted by Gasteiger charge is -2.17. The Morgan fingerprint density at radius 3 is 2.78 bits per heavy atom. The summed E-state index contributed by atoms with van der Waals surface area (Å²) >= 11 is 1.45. The third-order valence-electron chi connectivity index (χ3n) is 5.01. The lowest BCUT2D eigenvalue weighted by atomic mass is 9.97. The maximum Gasteiger partial charge on any atom is 0.237 e. The van der Waals surface area contributed by atoms with Crippen LogP contribution in [0.1, 0.15) is 63.3 Å². The maximum absolute atomic E-state index is 12.8. The molecule has 0 radical (unpaired) electrons. The summed E-state index contributed by atoms with van der Waals surface area (Å²) in [6.07, 6.45) is 5.23. The van der Waals surface area contributed by atoms with Gasteiger partial charge < -0.3 is 9.88 Å². The van der Waals surface area contributed by atoms with Crippen LogP contribution in [0.4, 0.5) is 5.69 Å². The zero-order chi connectivity index (χ0) is 19.4. The average Bonchev–Trinajstić information content (AvgIpc) is 3.45. The Balaban J connectivity index is 1.71. The first-order chi connectivity index (χ1) is 13.0. The van der Waals surface area contributed by atoms with Crippen molar-refractivity contribution in [1.82, 2.24) is 14.8 Å². The zero-order valence-electron chi connectivity index (χ0n) is 16.3. The number of aromatic nitrogens is 3. The van der Waals surface area contributed by atoms with Gasteiger partial charge in [-0.1, -0.05) is 49.9 Å². The molecule has 5 nitrogen and oxygen atoms in total. The number of carbonyl (C=O) groups is 1. The second-order valence-electron chi connectivity index (χ2n) is 7.16. The highest BCUT2D eigenvalue weighted by Gasteiger charge is 2.31. The predicted molar refractivity (Wildman–Crippen MR) is 111 cm³/mol. The summed E-state index contributed by atoms with van der Waals surface area (Å²) in [4.78, 5) is 12.8. The number of anilines is 1. The van der Waals surface area contributed by atoms with Crippen LogP contribution < -0.4 is 5.32 Å². The van der Waals surface area contributed by atoms with Gasteiger partial charge in [-0.25, -0.2) is 0 Å². The molecule has 2 atom stereocenters. The molecular formula is C21H28N4OS. The SMILES string of the molecule is C=CCn1c(SC(C)C(=O)Nc2ccccc2C(C)CC)nnc1C1CC1. The van der Waals surface area contributed by atoms with Gasteiger partial charge in [-0.2, -0.15) is 0 Å². The summed E-state index contributed by atoms with van der Waals surface area (Å²) in [7, 11) is 0. The molecular weight excluding hydrogens is 356 g/mol. The Hall–Kier alpha value is -2.08. The molecule has 1 amide bonds. The number of rotatable bonds is 9. The highest BCUT2D eigenvalue weighted by molar-refractivity contribution is 8.00. The minimum atomic E-state index is -0.269. The van der Waals surface area contributed by atoms with Gasteiger partial charge in [0.05, 0.1) is 5.25 Å². The fraction of sp³-hybridized carbons (Fsp3) is 0.476. The first kappa shape index (κ1) is 19.7. The summed E-state index contributed by atoms with van der Waals surface area (Å²) in [6.45, 7) is 10.8. The van der Waals surface area contributed by atoms with Crippen molar-refractivity contribution in [2.45, 2.75) is 68.8 Å². The summed E-state index contributed by atoms with van der Waals surface area (Å²) in [5, 5.41) is 12.3. The van der Waals surface area contributed by atoms with E-state index in [4.69, 9.17) is 0 Å². The zero-order valence-corrected chi connectivity index (χ0v) is 17.1. The van der Waals surface area contributed by atoms with E-state index in [1.165, 1.54) is 30.2 Å². The fourth-order valence-electron chi connectivity index (χ4n) is 3.04. The van der Waals surface area contributed by atoms with E-state index in [0.717, 1.165) is 23.1 Å². The normalized spacial score (nSPS) is 16.0. The summed E-state index contributed by atoms with van der Waals surface area (Å²) in [6, 6.07) is 8.04. The molecule has 6 heteroatoms. The van der Waals surface area contributed by atoms with Crippen LogP contribution in [0.2, 0.25) is 0 Å². The number of nitrogens with one attached hydrogen (secondary N) is 1. The van der Waals surface area contributed by atoms with Gasteiger partial charge in [0.15, 0.2) is 5.16 Å². The molecule has 1 fully saturated rings. The minimum absolute atomic E-state index is 0.0168. The first-order valence-electron chi connectivity index (χ1n) is 9.65. The first-order valence-corrected chi connectivity index (χ1v) is 10.5. The van der Waals surface area contributed by atoms with Gasteiger partial charge in [-0.3, -0.25) is 4.79 Å². The molecule has 27 heavy (non-hydrogen) atoms. The van der Waals surface area contributed by atoms with Crippen molar-refractivity contribution in [2.24, 2.45) is 0 Å². The van der Waals surface area contributed by atoms with Gasteiger partial charge in [0.2, 0.25) is 5.91 Å². The smallest absolute Gasteiger partial charge is 0.237 e. The maximum atomic E-state index is 12.8. The quantitative estimate of drug-likeness (QED) is 0.489. The molecule has 2 aromatic rings. The highest BCUT2D eigenvalue weighted by Crippen LogP contribution is 2.40. The molecule has 0 bridgehead atoms. The molecule has 144 valence electrons. The van der Waals surface area contributed by atoms with E-state index in [2.05, 4.69) is 46.6 Å². The largest absolute Gasteiger partial charge is 0.325 e. The van der Waals surface area contributed by atoms with Gasteiger partial charge in [-0.05, 0) is 43.7 Å². The molecule has 3 rings (SSSR count). The summed E-state index contributed by atoms with van der Waals surface area (Å²) in [5.41, 5.74) is 2.08. The summed E-state index contributed by atoms with van der Waals surface area (Å²) < 4.78 is 2.09. The van der Waals surface area contributed by atoms with Crippen LogP contribution in [0, 0.1) is 0 Å². The van der Waals surface area contributed by atoms with Gasteiger partial charge in [0.1, 0.15) is 5.82 Å². The standard InChI is InChI=1S/C21H28N4OS/c1-5-13-25-19(16-11-12-16)23-24-21(25)27-15(4)20(26)22-18-10-8-7-9-17(18)14(3)6-2/h5,7-10,14-16H,1,6,11-13H2,2-4H3,(H,22,26). The Labute approximate surface area is 165 Å². The number of allylic oxidation sites excluding steroid dienone is 1.